The first kappa shape index (κ1) is 13.9. The van der Waals surface area contributed by atoms with Crippen molar-refractivity contribution in [3.05, 3.63) is 69.8 Å². The molecular formula is C16H10BrF2NO. The van der Waals surface area contributed by atoms with Gasteiger partial charge in [-0.2, -0.15) is 0 Å². The third kappa shape index (κ3) is 2.61. The predicted octanol–water partition coefficient (Wildman–Crippen LogP) is 4.63. The zero-order valence-electron chi connectivity index (χ0n) is 10.8. The number of nitrogens with one attached hydrogen (secondary N) is 1. The highest BCUT2D eigenvalue weighted by atomic mass is 79.9. The summed E-state index contributed by atoms with van der Waals surface area (Å²) in [4.78, 5) is 15.3. The van der Waals surface area contributed by atoms with E-state index in [0.29, 0.717) is 5.56 Å². The minimum atomic E-state index is -0.964. The number of hydrogen-bond donors (Lipinski definition) is 1. The zero-order valence-corrected chi connectivity index (χ0v) is 12.4. The van der Waals surface area contributed by atoms with Gasteiger partial charge in [-0.05, 0) is 23.8 Å². The maximum absolute atomic E-state index is 13.6. The Morgan fingerprint density at radius 1 is 1.19 bits per heavy atom. The average molecular weight is 350 g/mol. The highest BCUT2D eigenvalue weighted by Gasteiger charge is 2.16. The Kier molecular flexibility index (Phi) is 3.59. The monoisotopic (exact) mass is 349 g/mol. The van der Waals surface area contributed by atoms with Gasteiger partial charge in [0.05, 0.1) is 0 Å². The number of hydrogen-bond acceptors (Lipinski definition) is 1. The number of H-pyrrole nitrogens is 1. The zero-order chi connectivity index (χ0) is 15.0. The molecule has 1 heterocycles. The molecule has 1 N–H and O–H groups in total. The van der Waals surface area contributed by atoms with E-state index in [4.69, 9.17) is 0 Å². The van der Waals surface area contributed by atoms with Gasteiger partial charge in [0.15, 0.2) is 17.4 Å². The molecule has 0 atom stereocenters. The van der Waals surface area contributed by atoms with Gasteiger partial charge in [-0.1, -0.05) is 34.1 Å². The summed E-state index contributed by atoms with van der Waals surface area (Å²) in [7, 11) is 0. The molecule has 5 heteroatoms. The SMILES string of the molecule is O=C(Cc1cccc(F)c1F)c1c[nH]c2cc(Br)ccc12. The van der Waals surface area contributed by atoms with E-state index in [1.54, 1.807) is 6.20 Å². The number of aromatic nitrogens is 1. The minimum Gasteiger partial charge on any atom is -0.360 e. The van der Waals surface area contributed by atoms with Crippen molar-refractivity contribution in [2.24, 2.45) is 0 Å². The Balaban J connectivity index is 1.96. The number of carbonyl (C=O) groups excluding carboxylic acids is 1. The fourth-order valence-corrected chi connectivity index (χ4v) is 2.64. The van der Waals surface area contributed by atoms with Crippen LogP contribution in [0.4, 0.5) is 8.78 Å². The second-order valence-electron chi connectivity index (χ2n) is 4.71. The van der Waals surface area contributed by atoms with Crippen LogP contribution in [-0.2, 0) is 6.42 Å². The van der Waals surface area contributed by atoms with Crippen molar-refractivity contribution in [3.8, 4) is 0 Å². The van der Waals surface area contributed by atoms with Crippen molar-refractivity contribution in [3.63, 3.8) is 0 Å². The van der Waals surface area contributed by atoms with E-state index in [1.165, 1.54) is 12.1 Å². The van der Waals surface area contributed by atoms with E-state index >= 15 is 0 Å². The summed E-state index contributed by atoms with van der Waals surface area (Å²) in [5, 5.41) is 0.764. The van der Waals surface area contributed by atoms with Crippen LogP contribution in [0.1, 0.15) is 15.9 Å². The van der Waals surface area contributed by atoms with Gasteiger partial charge in [0.25, 0.3) is 0 Å². The van der Waals surface area contributed by atoms with E-state index in [0.717, 1.165) is 21.4 Å². The predicted molar refractivity (Wildman–Crippen MR) is 80.4 cm³/mol. The lowest BCUT2D eigenvalue weighted by Crippen LogP contribution is -2.05. The Bertz CT molecular complexity index is 841. The van der Waals surface area contributed by atoms with Gasteiger partial charge < -0.3 is 4.98 Å². The molecule has 0 bridgehead atoms. The number of halogens is 3. The second-order valence-corrected chi connectivity index (χ2v) is 5.62. The average Bonchev–Trinajstić information content (AvgIpc) is 2.86. The molecule has 0 fully saturated rings. The molecule has 0 aliphatic rings. The topological polar surface area (TPSA) is 32.9 Å². The van der Waals surface area contributed by atoms with Crippen LogP contribution in [0.15, 0.2) is 47.1 Å². The summed E-state index contributed by atoms with van der Waals surface area (Å²) >= 11 is 3.35. The number of Topliss-reactive ketones (excluding diaryl/α,β-unsaturated/α-hetero) is 1. The first-order valence-electron chi connectivity index (χ1n) is 6.29. The number of fused-ring (bicyclic) bond motifs is 1. The molecule has 0 radical (unpaired) electrons. The molecule has 2 nitrogen and oxygen atoms in total. The standard InChI is InChI=1S/C16H10BrF2NO/c17-10-4-5-11-12(8-20-14(11)7-10)15(21)6-9-2-1-3-13(18)16(9)19/h1-5,7-8,20H,6H2. The molecule has 0 spiro atoms. The summed E-state index contributed by atoms with van der Waals surface area (Å²) in [6, 6.07) is 9.34. The Hall–Kier alpha value is -2.01. The van der Waals surface area contributed by atoms with Crippen molar-refractivity contribution >= 4 is 32.6 Å². The number of carbonyl (C=O) groups is 1. The highest BCUT2D eigenvalue weighted by Crippen LogP contribution is 2.24. The molecule has 3 rings (SSSR count). The number of benzene rings is 2. The maximum atomic E-state index is 13.6. The summed E-state index contributed by atoms with van der Waals surface area (Å²) < 4.78 is 27.7. The van der Waals surface area contributed by atoms with Crippen LogP contribution < -0.4 is 0 Å². The fraction of sp³-hybridized carbons (Fsp3) is 0.0625. The normalized spacial score (nSPS) is 11.0. The highest BCUT2D eigenvalue weighted by molar-refractivity contribution is 9.10. The number of aromatic amines is 1. The van der Waals surface area contributed by atoms with E-state index in [2.05, 4.69) is 20.9 Å². The molecule has 0 saturated carbocycles. The molecule has 1 aromatic heterocycles. The van der Waals surface area contributed by atoms with Crippen molar-refractivity contribution < 1.29 is 13.6 Å². The number of rotatable bonds is 3. The Labute approximate surface area is 127 Å². The molecule has 0 aliphatic carbocycles. The molecular weight excluding hydrogens is 340 g/mol. The lowest BCUT2D eigenvalue weighted by molar-refractivity contribution is 0.0993. The van der Waals surface area contributed by atoms with Crippen molar-refractivity contribution in [2.75, 3.05) is 0 Å². The lowest BCUT2D eigenvalue weighted by Gasteiger charge is -2.03. The molecule has 2 aromatic carbocycles. The van der Waals surface area contributed by atoms with Crippen LogP contribution in [0.5, 0.6) is 0 Å². The minimum absolute atomic E-state index is 0.0615. The van der Waals surface area contributed by atoms with Gasteiger partial charge in [0.2, 0.25) is 0 Å². The van der Waals surface area contributed by atoms with E-state index < -0.39 is 11.6 Å². The van der Waals surface area contributed by atoms with E-state index in [-0.39, 0.29) is 17.8 Å². The van der Waals surface area contributed by atoms with Gasteiger partial charge in [-0.25, -0.2) is 8.78 Å². The van der Waals surface area contributed by atoms with Crippen LogP contribution in [0, 0.1) is 11.6 Å². The van der Waals surface area contributed by atoms with Crippen LogP contribution in [-0.4, -0.2) is 10.8 Å². The third-order valence-corrected chi connectivity index (χ3v) is 3.82. The van der Waals surface area contributed by atoms with Crippen LogP contribution in [0.25, 0.3) is 10.9 Å². The smallest absolute Gasteiger partial charge is 0.169 e. The molecule has 0 saturated heterocycles. The summed E-state index contributed by atoms with van der Waals surface area (Å²) in [6.07, 6.45) is 1.42. The largest absolute Gasteiger partial charge is 0.360 e. The summed E-state index contributed by atoms with van der Waals surface area (Å²) in [6.45, 7) is 0. The Morgan fingerprint density at radius 2 is 2.00 bits per heavy atom. The molecule has 21 heavy (non-hydrogen) atoms. The van der Waals surface area contributed by atoms with Gasteiger partial charge >= 0.3 is 0 Å². The van der Waals surface area contributed by atoms with Gasteiger partial charge in [-0.3, -0.25) is 4.79 Å². The molecule has 3 aromatic rings. The molecule has 0 aliphatic heterocycles. The van der Waals surface area contributed by atoms with Crippen molar-refractivity contribution in [1.82, 2.24) is 4.98 Å². The van der Waals surface area contributed by atoms with Crippen LogP contribution >= 0.6 is 15.9 Å². The van der Waals surface area contributed by atoms with Crippen molar-refractivity contribution in [2.45, 2.75) is 6.42 Å². The molecule has 0 amide bonds. The third-order valence-electron chi connectivity index (χ3n) is 3.33. The van der Waals surface area contributed by atoms with Crippen molar-refractivity contribution in [1.29, 1.82) is 0 Å². The molecule has 0 unspecified atom stereocenters. The van der Waals surface area contributed by atoms with Gasteiger partial charge in [0, 0.05) is 33.6 Å². The fourth-order valence-electron chi connectivity index (χ4n) is 2.28. The summed E-state index contributed by atoms with van der Waals surface area (Å²) in [5.74, 6) is -2.16. The quantitative estimate of drug-likeness (QED) is 0.686. The lowest BCUT2D eigenvalue weighted by atomic mass is 10.0. The summed E-state index contributed by atoms with van der Waals surface area (Å²) in [5.41, 5.74) is 1.35. The van der Waals surface area contributed by atoms with E-state index in [1.807, 2.05) is 18.2 Å². The molecule has 106 valence electrons. The first-order chi connectivity index (χ1) is 10.1. The van der Waals surface area contributed by atoms with Gasteiger partial charge in [-0.15, -0.1) is 0 Å². The number of ketones is 1. The Morgan fingerprint density at radius 3 is 2.81 bits per heavy atom. The second kappa shape index (κ2) is 5.41. The van der Waals surface area contributed by atoms with Crippen LogP contribution in [0.3, 0.4) is 0 Å². The van der Waals surface area contributed by atoms with Crippen LogP contribution in [0.2, 0.25) is 0 Å². The van der Waals surface area contributed by atoms with Gasteiger partial charge in [0.1, 0.15) is 0 Å². The maximum Gasteiger partial charge on any atom is 0.169 e. The first-order valence-corrected chi connectivity index (χ1v) is 7.08. The van der Waals surface area contributed by atoms with E-state index in [9.17, 15) is 13.6 Å².